The van der Waals surface area contributed by atoms with E-state index in [0.29, 0.717) is 11.8 Å². The third kappa shape index (κ3) is 3.83. The summed E-state index contributed by atoms with van der Waals surface area (Å²) in [4.78, 5) is 0.868. The van der Waals surface area contributed by atoms with E-state index < -0.39 is 10.8 Å². The van der Waals surface area contributed by atoms with Crippen LogP contribution >= 0.6 is 0 Å². The molecule has 1 fully saturated rings. The fourth-order valence-corrected chi connectivity index (χ4v) is 3.30. The van der Waals surface area contributed by atoms with Gasteiger partial charge in [0.2, 0.25) is 0 Å². The van der Waals surface area contributed by atoms with Gasteiger partial charge in [-0.25, -0.2) is 0 Å². The van der Waals surface area contributed by atoms with Gasteiger partial charge in [-0.3, -0.25) is 4.21 Å². The Morgan fingerprint density at radius 3 is 2.62 bits per heavy atom. The van der Waals surface area contributed by atoms with Crippen molar-refractivity contribution in [2.45, 2.75) is 49.9 Å². The van der Waals surface area contributed by atoms with Gasteiger partial charge in [0.25, 0.3) is 0 Å². The summed E-state index contributed by atoms with van der Waals surface area (Å²) in [5.74, 6) is 2.15. The van der Waals surface area contributed by atoms with Crippen LogP contribution in [-0.2, 0) is 23.1 Å². The van der Waals surface area contributed by atoms with E-state index in [-0.39, 0.29) is 0 Å². The third-order valence-corrected chi connectivity index (χ3v) is 5.20. The zero-order chi connectivity index (χ0) is 14.8. The van der Waals surface area contributed by atoms with Crippen molar-refractivity contribution >= 4 is 10.8 Å². The highest BCUT2D eigenvalue weighted by Gasteiger charge is 2.20. The van der Waals surface area contributed by atoms with Crippen molar-refractivity contribution in [3.63, 3.8) is 0 Å². The summed E-state index contributed by atoms with van der Waals surface area (Å²) in [5, 5.41) is 3.42. The molecule has 1 aliphatic rings. The molecule has 0 saturated heterocycles. The molecule has 1 N–H and O–H groups in total. The minimum Gasteiger partial charge on any atom is -0.464 e. The molecule has 3 nitrogen and oxygen atoms in total. The molecule has 1 aliphatic carbocycles. The van der Waals surface area contributed by atoms with E-state index in [1.54, 1.807) is 0 Å². The van der Waals surface area contributed by atoms with E-state index in [1.165, 1.54) is 24.0 Å². The molecule has 0 amide bonds. The fourth-order valence-electron chi connectivity index (χ4n) is 2.20. The van der Waals surface area contributed by atoms with Crippen LogP contribution in [0, 0.1) is 13.8 Å². The van der Waals surface area contributed by atoms with Crippen LogP contribution < -0.4 is 5.32 Å². The van der Waals surface area contributed by atoms with Gasteiger partial charge in [-0.15, -0.1) is 0 Å². The minimum absolute atomic E-state index is 0.436. The lowest BCUT2D eigenvalue weighted by Gasteiger charge is -2.04. The zero-order valence-electron chi connectivity index (χ0n) is 12.5. The fraction of sp³-hybridized carbons (Fsp3) is 0.412. The maximum absolute atomic E-state index is 12.4. The lowest BCUT2D eigenvalue weighted by Crippen LogP contribution is -2.14. The first-order chi connectivity index (χ1) is 10.1. The summed E-state index contributed by atoms with van der Waals surface area (Å²) in [6.07, 6.45) is 2.54. The van der Waals surface area contributed by atoms with Crippen molar-refractivity contribution in [3.05, 3.63) is 53.0 Å². The maximum Gasteiger partial charge on any atom is 0.118 e. The quantitative estimate of drug-likeness (QED) is 0.888. The molecule has 0 aliphatic heterocycles. The van der Waals surface area contributed by atoms with Crippen molar-refractivity contribution < 1.29 is 8.63 Å². The minimum atomic E-state index is -1.05. The number of aryl methyl sites for hydroxylation is 2. The summed E-state index contributed by atoms with van der Waals surface area (Å²) in [5.41, 5.74) is 2.40. The molecule has 2 aromatic rings. The van der Waals surface area contributed by atoms with Crippen molar-refractivity contribution in [1.82, 2.24) is 5.32 Å². The molecule has 21 heavy (non-hydrogen) atoms. The van der Waals surface area contributed by atoms with Crippen molar-refractivity contribution in [3.8, 4) is 0 Å². The summed E-state index contributed by atoms with van der Waals surface area (Å²) >= 11 is 0. The molecular formula is C17H21NO2S. The molecular weight excluding hydrogens is 282 g/mol. The Morgan fingerprint density at radius 2 is 1.90 bits per heavy atom. The predicted molar refractivity (Wildman–Crippen MR) is 84.6 cm³/mol. The molecule has 3 rings (SSSR count). The molecule has 1 saturated carbocycles. The second-order valence-electron chi connectivity index (χ2n) is 5.76. The maximum atomic E-state index is 12.4. The SMILES string of the molecule is Cc1ccc(S(=O)Cc2ccc(CNC3CC3)o2)cc1C. The van der Waals surface area contributed by atoms with Gasteiger partial charge in [-0.05, 0) is 62.1 Å². The van der Waals surface area contributed by atoms with Crippen LogP contribution in [0.3, 0.4) is 0 Å². The van der Waals surface area contributed by atoms with E-state index in [4.69, 9.17) is 4.42 Å². The van der Waals surface area contributed by atoms with Gasteiger partial charge < -0.3 is 9.73 Å². The molecule has 4 heteroatoms. The molecule has 1 atom stereocenters. The first-order valence-corrected chi connectivity index (χ1v) is 8.70. The monoisotopic (exact) mass is 303 g/mol. The number of hydrogen-bond acceptors (Lipinski definition) is 3. The third-order valence-electron chi connectivity index (χ3n) is 3.87. The van der Waals surface area contributed by atoms with Crippen molar-refractivity contribution in [2.75, 3.05) is 0 Å². The lowest BCUT2D eigenvalue weighted by molar-refractivity contribution is 0.457. The second-order valence-corrected chi connectivity index (χ2v) is 7.21. The van der Waals surface area contributed by atoms with Crippen molar-refractivity contribution in [2.24, 2.45) is 0 Å². The van der Waals surface area contributed by atoms with Gasteiger partial charge in [0.1, 0.15) is 11.5 Å². The van der Waals surface area contributed by atoms with Gasteiger partial charge in [-0.1, -0.05) is 6.07 Å². The number of hydrogen-bond donors (Lipinski definition) is 1. The van der Waals surface area contributed by atoms with Crippen LogP contribution in [0.25, 0.3) is 0 Å². The Hall–Kier alpha value is -1.39. The molecule has 1 aromatic heterocycles. The highest BCUT2D eigenvalue weighted by atomic mass is 32.2. The Labute approximate surface area is 128 Å². The number of nitrogens with one attached hydrogen (secondary N) is 1. The summed E-state index contributed by atoms with van der Waals surface area (Å²) in [7, 11) is -1.05. The molecule has 0 spiro atoms. The topological polar surface area (TPSA) is 42.2 Å². The average molecular weight is 303 g/mol. The van der Waals surface area contributed by atoms with Crippen LogP contribution in [0.2, 0.25) is 0 Å². The highest BCUT2D eigenvalue weighted by Crippen LogP contribution is 2.21. The van der Waals surface area contributed by atoms with Gasteiger partial charge in [0.05, 0.1) is 23.1 Å². The van der Waals surface area contributed by atoms with Gasteiger partial charge in [0.15, 0.2) is 0 Å². The first-order valence-electron chi connectivity index (χ1n) is 7.38. The van der Waals surface area contributed by atoms with Crippen LogP contribution in [0.4, 0.5) is 0 Å². The van der Waals surface area contributed by atoms with Gasteiger partial charge in [0, 0.05) is 10.9 Å². The average Bonchev–Trinajstić information content (AvgIpc) is 3.19. The van der Waals surface area contributed by atoms with Gasteiger partial charge in [-0.2, -0.15) is 0 Å². The molecule has 0 bridgehead atoms. The Kier molecular flexibility index (Phi) is 4.27. The number of furan rings is 1. The summed E-state index contributed by atoms with van der Waals surface area (Å²) in [6, 6.07) is 10.5. The second kappa shape index (κ2) is 6.16. The van der Waals surface area contributed by atoms with E-state index in [9.17, 15) is 4.21 Å². The molecule has 1 heterocycles. The molecule has 1 unspecified atom stereocenters. The van der Waals surface area contributed by atoms with Crippen LogP contribution in [0.15, 0.2) is 39.6 Å². The zero-order valence-corrected chi connectivity index (χ0v) is 13.3. The Balaban J connectivity index is 1.62. The first kappa shape index (κ1) is 14.5. The number of rotatable bonds is 6. The Morgan fingerprint density at radius 1 is 1.14 bits per heavy atom. The molecule has 112 valence electrons. The van der Waals surface area contributed by atoms with Crippen LogP contribution in [0.5, 0.6) is 0 Å². The van der Waals surface area contributed by atoms with Crippen molar-refractivity contribution in [1.29, 1.82) is 0 Å². The molecule has 1 aromatic carbocycles. The van der Waals surface area contributed by atoms with Crippen LogP contribution in [-0.4, -0.2) is 10.3 Å². The standard InChI is InChI=1S/C17H21NO2S/c1-12-3-8-17(9-13(12)2)21(19)11-16-7-6-15(20-16)10-18-14-4-5-14/h3,6-9,14,18H,4-5,10-11H2,1-2H3. The number of benzene rings is 1. The highest BCUT2D eigenvalue weighted by molar-refractivity contribution is 7.84. The van der Waals surface area contributed by atoms with E-state index in [2.05, 4.69) is 12.2 Å². The summed E-state index contributed by atoms with van der Waals surface area (Å²) < 4.78 is 18.2. The normalized spacial score (nSPS) is 16.1. The van der Waals surface area contributed by atoms with E-state index in [0.717, 1.165) is 23.0 Å². The van der Waals surface area contributed by atoms with Gasteiger partial charge >= 0.3 is 0 Å². The smallest absolute Gasteiger partial charge is 0.118 e. The molecule has 0 radical (unpaired) electrons. The lowest BCUT2D eigenvalue weighted by atomic mass is 10.1. The van der Waals surface area contributed by atoms with Crippen LogP contribution in [0.1, 0.15) is 35.5 Å². The van der Waals surface area contributed by atoms with E-state index in [1.807, 2.05) is 37.3 Å². The largest absolute Gasteiger partial charge is 0.464 e. The summed E-state index contributed by atoms with van der Waals surface area (Å²) in [6.45, 7) is 4.87. The predicted octanol–water partition coefficient (Wildman–Crippen LogP) is 3.46. The van der Waals surface area contributed by atoms with E-state index >= 15 is 0 Å². The Bertz CT molecular complexity index is 659.